The molecule has 120 valence electrons. The Morgan fingerprint density at radius 1 is 1.45 bits per heavy atom. The highest BCUT2D eigenvalue weighted by Crippen LogP contribution is 2.15. The van der Waals surface area contributed by atoms with Crippen molar-refractivity contribution in [1.82, 2.24) is 10.2 Å². The van der Waals surface area contributed by atoms with Crippen LogP contribution in [0, 0.1) is 10.1 Å². The number of carbonyl (C=O) groups is 1. The van der Waals surface area contributed by atoms with Gasteiger partial charge in [0.05, 0.1) is 4.92 Å². The lowest BCUT2D eigenvalue weighted by Crippen LogP contribution is -2.52. The molecule has 2 rings (SSSR count). The lowest BCUT2D eigenvalue weighted by molar-refractivity contribution is -0.384. The SMILES string of the molecule is CC1CNCCN1C(=O)CCCNc1ccc([N+](=O)[O-])cc1. The number of amides is 1. The maximum Gasteiger partial charge on any atom is 0.269 e. The predicted octanol–water partition coefficient (Wildman–Crippen LogP) is 1.61. The van der Waals surface area contributed by atoms with Crippen LogP contribution in [-0.4, -0.2) is 48.0 Å². The monoisotopic (exact) mass is 306 g/mol. The van der Waals surface area contributed by atoms with Gasteiger partial charge in [0.2, 0.25) is 5.91 Å². The van der Waals surface area contributed by atoms with E-state index in [9.17, 15) is 14.9 Å². The third-order valence-electron chi connectivity index (χ3n) is 3.80. The Kier molecular flexibility index (Phi) is 5.71. The van der Waals surface area contributed by atoms with Gasteiger partial charge in [-0.1, -0.05) is 0 Å². The first-order valence-corrected chi connectivity index (χ1v) is 7.56. The van der Waals surface area contributed by atoms with Crippen LogP contribution >= 0.6 is 0 Å². The van der Waals surface area contributed by atoms with Crippen LogP contribution in [0.2, 0.25) is 0 Å². The van der Waals surface area contributed by atoms with Crippen molar-refractivity contribution in [3.63, 3.8) is 0 Å². The maximum atomic E-state index is 12.1. The van der Waals surface area contributed by atoms with E-state index in [1.54, 1.807) is 12.1 Å². The molecule has 1 aromatic rings. The average Bonchev–Trinajstić information content (AvgIpc) is 2.52. The first-order chi connectivity index (χ1) is 10.6. The molecule has 2 N–H and O–H groups in total. The van der Waals surface area contributed by atoms with E-state index in [-0.39, 0.29) is 17.6 Å². The summed E-state index contributed by atoms with van der Waals surface area (Å²) >= 11 is 0. The fraction of sp³-hybridized carbons (Fsp3) is 0.533. The van der Waals surface area contributed by atoms with Gasteiger partial charge < -0.3 is 15.5 Å². The molecule has 1 fully saturated rings. The van der Waals surface area contributed by atoms with Crippen LogP contribution < -0.4 is 10.6 Å². The van der Waals surface area contributed by atoms with Crippen LogP contribution in [-0.2, 0) is 4.79 Å². The first kappa shape index (κ1) is 16.2. The molecule has 0 saturated carbocycles. The van der Waals surface area contributed by atoms with E-state index in [1.807, 2.05) is 4.90 Å². The quantitative estimate of drug-likeness (QED) is 0.473. The Balaban J connectivity index is 1.70. The molecule has 1 amide bonds. The zero-order valence-electron chi connectivity index (χ0n) is 12.7. The Labute approximate surface area is 129 Å². The largest absolute Gasteiger partial charge is 0.385 e. The third-order valence-corrected chi connectivity index (χ3v) is 3.80. The van der Waals surface area contributed by atoms with Crippen molar-refractivity contribution in [3.05, 3.63) is 34.4 Å². The Morgan fingerprint density at radius 2 is 2.18 bits per heavy atom. The van der Waals surface area contributed by atoms with E-state index in [0.717, 1.165) is 31.7 Å². The number of piperazine rings is 1. The summed E-state index contributed by atoms with van der Waals surface area (Å²) in [5.41, 5.74) is 0.905. The average molecular weight is 306 g/mol. The molecule has 1 unspecified atom stereocenters. The van der Waals surface area contributed by atoms with Gasteiger partial charge in [-0.3, -0.25) is 14.9 Å². The number of nitrogens with one attached hydrogen (secondary N) is 2. The molecule has 1 atom stereocenters. The third kappa shape index (κ3) is 4.42. The van der Waals surface area contributed by atoms with Crippen molar-refractivity contribution in [2.24, 2.45) is 0 Å². The van der Waals surface area contributed by atoms with E-state index in [2.05, 4.69) is 17.6 Å². The van der Waals surface area contributed by atoms with E-state index < -0.39 is 4.92 Å². The van der Waals surface area contributed by atoms with Crippen LogP contribution in [0.3, 0.4) is 0 Å². The molecule has 22 heavy (non-hydrogen) atoms. The van der Waals surface area contributed by atoms with Gasteiger partial charge in [-0.25, -0.2) is 0 Å². The Hall–Kier alpha value is -2.15. The van der Waals surface area contributed by atoms with Crippen molar-refractivity contribution in [2.75, 3.05) is 31.5 Å². The molecular weight excluding hydrogens is 284 g/mol. The van der Waals surface area contributed by atoms with Crippen molar-refractivity contribution in [1.29, 1.82) is 0 Å². The summed E-state index contributed by atoms with van der Waals surface area (Å²) in [4.78, 5) is 24.2. The van der Waals surface area contributed by atoms with Crippen LogP contribution in [0.15, 0.2) is 24.3 Å². The van der Waals surface area contributed by atoms with Crippen LogP contribution in [0.1, 0.15) is 19.8 Å². The second-order valence-corrected chi connectivity index (χ2v) is 5.47. The van der Waals surface area contributed by atoms with E-state index >= 15 is 0 Å². The highest BCUT2D eigenvalue weighted by molar-refractivity contribution is 5.76. The summed E-state index contributed by atoms with van der Waals surface area (Å²) in [7, 11) is 0. The lowest BCUT2D eigenvalue weighted by Gasteiger charge is -2.34. The van der Waals surface area contributed by atoms with Crippen molar-refractivity contribution >= 4 is 17.3 Å². The summed E-state index contributed by atoms with van der Waals surface area (Å²) in [6.07, 6.45) is 1.26. The molecule has 0 radical (unpaired) electrons. The topological polar surface area (TPSA) is 87.5 Å². The smallest absolute Gasteiger partial charge is 0.269 e. The van der Waals surface area contributed by atoms with Crippen LogP contribution in [0.25, 0.3) is 0 Å². The minimum Gasteiger partial charge on any atom is -0.385 e. The van der Waals surface area contributed by atoms with Gasteiger partial charge in [0, 0.05) is 56.5 Å². The summed E-state index contributed by atoms with van der Waals surface area (Å²) in [5.74, 6) is 0.194. The number of nitro groups is 1. The first-order valence-electron chi connectivity index (χ1n) is 7.56. The molecule has 7 heteroatoms. The number of hydrogen-bond acceptors (Lipinski definition) is 5. The minimum absolute atomic E-state index is 0.0772. The number of nitrogens with zero attached hydrogens (tertiary/aromatic N) is 2. The highest BCUT2D eigenvalue weighted by Gasteiger charge is 2.22. The lowest BCUT2D eigenvalue weighted by atomic mass is 10.2. The van der Waals surface area contributed by atoms with Crippen LogP contribution in [0.5, 0.6) is 0 Å². The molecule has 1 heterocycles. The molecule has 0 aromatic heterocycles. The summed E-state index contributed by atoms with van der Waals surface area (Å²) < 4.78 is 0. The number of carbonyl (C=O) groups excluding carboxylic acids is 1. The second kappa shape index (κ2) is 7.74. The maximum absolute atomic E-state index is 12.1. The fourth-order valence-corrected chi connectivity index (χ4v) is 2.53. The summed E-state index contributed by atoms with van der Waals surface area (Å²) in [6, 6.07) is 6.55. The molecule has 1 aliphatic rings. The molecular formula is C15H22N4O3. The standard InChI is InChI=1S/C15H22N4O3/c1-12-11-16-9-10-18(12)15(20)3-2-8-17-13-4-6-14(7-5-13)19(21)22/h4-7,12,16-17H,2-3,8-11H2,1H3. The van der Waals surface area contributed by atoms with Gasteiger partial charge in [-0.05, 0) is 25.5 Å². The number of nitro benzene ring substituents is 1. The molecule has 1 aromatic carbocycles. The van der Waals surface area contributed by atoms with Gasteiger partial charge in [0.25, 0.3) is 5.69 Å². The summed E-state index contributed by atoms with van der Waals surface area (Å²) in [6.45, 7) is 5.21. The molecule has 0 spiro atoms. The van der Waals surface area contributed by atoms with Gasteiger partial charge in [-0.2, -0.15) is 0 Å². The molecule has 1 aliphatic heterocycles. The van der Waals surface area contributed by atoms with Crippen molar-refractivity contribution < 1.29 is 9.72 Å². The number of benzene rings is 1. The summed E-state index contributed by atoms with van der Waals surface area (Å²) in [5, 5.41) is 17.0. The van der Waals surface area contributed by atoms with E-state index in [0.29, 0.717) is 13.0 Å². The molecule has 0 bridgehead atoms. The minimum atomic E-state index is -0.420. The van der Waals surface area contributed by atoms with Crippen LogP contribution in [0.4, 0.5) is 11.4 Å². The number of anilines is 1. The van der Waals surface area contributed by atoms with Gasteiger partial charge >= 0.3 is 0 Å². The number of non-ortho nitro benzene ring substituents is 1. The number of rotatable bonds is 6. The van der Waals surface area contributed by atoms with Gasteiger partial charge in [0.1, 0.15) is 0 Å². The predicted molar refractivity (Wildman–Crippen MR) is 84.9 cm³/mol. The zero-order chi connectivity index (χ0) is 15.9. The second-order valence-electron chi connectivity index (χ2n) is 5.47. The molecule has 7 nitrogen and oxygen atoms in total. The van der Waals surface area contributed by atoms with Crippen molar-refractivity contribution in [3.8, 4) is 0 Å². The Bertz CT molecular complexity index is 518. The fourth-order valence-electron chi connectivity index (χ4n) is 2.53. The van der Waals surface area contributed by atoms with Gasteiger partial charge in [-0.15, -0.1) is 0 Å². The zero-order valence-corrected chi connectivity index (χ0v) is 12.7. The van der Waals surface area contributed by atoms with Gasteiger partial charge in [0.15, 0.2) is 0 Å². The van der Waals surface area contributed by atoms with E-state index in [4.69, 9.17) is 0 Å². The number of hydrogen-bond donors (Lipinski definition) is 2. The Morgan fingerprint density at radius 3 is 2.82 bits per heavy atom. The molecule has 0 aliphatic carbocycles. The normalized spacial score (nSPS) is 18.0. The van der Waals surface area contributed by atoms with E-state index in [1.165, 1.54) is 12.1 Å². The van der Waals surface area contributed by atoms with Crippen molar-refractivity contribution in [2.45, 2.75) is 25.8 Å². The molecule has 1 saturated heterocycles. The highest BCUT2D eigenvalue weighted by atomic mass is 16.6.